The van der Waals surface area contributed by atoms with E-state index in [2.05, 4.69) is 0 Å². The monoisotopic (exact) mass is 583 g/mol. The first-order valence-electron chi connectivity index (χ1n) is 5.59. The first-order chi connectivity index (χ1) is 8.74. The average Bonchev–Trinajstić information content (AvgIpc) is 2.45. The molecule has 0 saturated heterocycles. The number of halogens is 4. The molecule has 0 aromatic heterocycles. The maximum absolute atomic E-state index is 8.00. The summed E-state index contributed by atoms with van der Waals surface area (Å²) in [6, 6.07) is 0. The smallest absolute Gasteiger partial charge is 0.0473 e. The zero-order valence-corrected chi connectivity index (χ0v) is 20.1. The van der Waals surface area contributed by atoms with Crippen LogP contribution in [0.25, 0.3) is 0 Å². The average molecular weight is 584 g/mol. The van der Waals surface area contributed by atoms with Crippen LogP contribution in [0, 0.1) is 0 Å². The third kappa shape index (κ3) is 102. The number of rotatable bonds is 7. The fraction of sp³-hybridized carbons (Fsp3) is 1.00. The van der Waals surface area contributed by atoms with Crippen molar-refractivity contribution in [2.24, 2.45) is 0 Å². The van der Waals surface area contributed by atoms with Gasteiger partial charge in [-0.05, 0) is 19.3 Å². The Morgan fingerprint density at radius 2 is 1.26 bits per heavy atom. The summed E-state index contributed by atoms with van der Waals surface area (Å²) < 4.78 is 25.4. The zero-order chi connectivity index (χ0) is 15.1. The SMILES string of the molecule is CCCO.COCCCCl.COCCCCl.FF.[HH].[Rf]. The van der Waals surface area contributed by atoms with Crippen molar-refractivity contribution in [3.8, 4) is 0 Å². The summed E-state index contributed by atoms with van der Waals surface area (Å²) in [4.78, 5) is 0. The molecule has 120 valence electrons. The van der Waals surface area contributed by atoms with Gasteiger partial charge in [0.15, 0.2) is 0 Å². The molecule has 0 saturated carbocycles. The van der Waals surface area contributed by atoms with E-state index in [9.17, 15) is 0 Å². The molecule has 0 radical (unpaired) electrons. The van der Waals surface area contributed by atoms with Crippen molar-refractivity contribution < 1.29 is 25.2 Å². The van der Waals surface area contributed by atoms with E-state index in [-0.39, 0.29) is 1.43 Å². The Morgan fingerprint density at radius 3 is 1.32 bits per heavy atom. The van der Waals surface area contributed by atoms with E-state index in [1.807, 2.05) is 6.92 Å². The maximum Gasteiger partial charge on any atom is 0.0473 e. The third-order valence-corrected chi connectivity index (χ3v) is 1.72. The molecule has 8 heteroatoms. The Balaban J connectivity index is -0.0000000335. The van der Waals surface area contributed by atoms with Gasteiger partial charge in [-0.25, -0.2) is 0 Å². The van der Waals surface area contributed by atoms with E-state index in [1.165, 1.54) is 0 Å². The van der Waals surface area contributed by atoms with E-state index >= 15 is 0 Å². The van der Waals surface area contributed by atoms with Gasteiger partial charge in [0.2, 0.25) is 0 Å². The Labute approximate surface area is 121 Å². The minimum absolute atomic E-state index is 0. The Kier molecular flexibility index (Phi) is 86.6. The molecule has 1 N–H and O–H groups in total. The number of hydrogen-bond acceptors (Lipinski definition) is 3. The van der Waals surface area contributed by atoms with Crippen LogP contribution in [0.1, 0.15) is 27.6 Å². The van der Waals surface area contributed by atoms with Crippen LogP contribution in [0.3, 0.4) is 0 Å². The summed E-state index contributed by atoms with van der Waals surface area (Å²) in [6.45, 7) is 3.81. The van der Waals surface area contributed by atoms with Crippen LogP contribution in [0.5, 0.6) is 0 Å². The summed E-state index contributed by atoms with van der Waals surface area (Å²) in [5, 5.41) is 7.88. The summed E-state index contributed by atoms with van der Waals surface area (Å²) in [7, 11) is 3.35. The molecule has 0 heterocycles. The fourth-order valence-electron chi connectivity index (χ4n) is 0.398. The molecule has 19 heavy (non-hydrogen) atoms. The van der Waals surface area contributed by atoms with Gasteiger partial charge >= 0.3 is 0 Å². The third-order valence-electron chi connectivity index (χ3n) is 1.19. The standard InChI is InChI=1S/2C4H9ClO.C3H8O.F2.Rf.H2/c2*1-6-4-2-3-5;1-2-3-4;1-2;;/h2*2-4H2,1H3;4H,2-3H2,1H3;;;1H. The largest absolute Gasteiger partial charge is 0.396 e. The van der Waals surface area contributed by atoms with Crippen LogP contribution in [0.4, 0.5) is 9.15 Å². The summed E-state index contributed by atoms with van der Waals surface area (Å²) in [5.74, 6) is 1.40. The molecule has 0 aliphatic rings. The van der Waals surface area contributed by atoms with Crippen LogP contribution in [0.2, 0.25) is 0 Å². The Bertz CT molecular complexity index is 88.1. The molecule has 0 bridgehead atoms. The summed E-state index contributed by atoms with van der Waals surface area (Å²) in [5.41, 5.74) is 0. The molecule has 0 aromatic rings. The van der Waals surface area contributed by atoms with Gasteiger partial charge in [-0.2, -0.15) is 0 Å². The van der Waals surface area contributed by atoms with E-state index < -0.39 is 0 Å². The predicted molar refractivity (Wildman–Crippen MR) is 76.1 cm³/mol. The molecule has 0 aliphatic heterocycles. The number of methoxy groups -OCH3 is 2. The van der Waals surface area contributed by atoms with Crippen molar-refractivity contribution in [2.75, 3.05) is 45.8 Å². The first-order valence-corrected chi connectivity index (χ1v) is 6.66. The number of aliphatic hydroxyl groups excluding tert-OH is 1. The minimum atomic E-state index is 0. The van der Waals surface area contributed by atoms with Crippen LogP contribution in [-0.2, 0) is 9.47 Å². The van der Waals surface area contributed by atoms with E-state index in [1.54, 1.807) is 14.2 Å². The van der Waals surface area contributed by atoms with Crippen molar-refractivity contribution in [3.05, 3.63) is 0 Å². The van der Waals surface area contributed by atoms with Gasteiger partial charge in [0.1, 0.15) is 0 Å². The normalized spacial score (nSPS) is 7.58. The summed E-state index contributed by atoms with van der Waals surface area (Å²) >= 11 is 10.6. The number of hydrogen-bond donors (Lipinski definition) is 1. The second-order valence-electron chi connectivity index (χ2n) is 2.79. The molecule has 0 aromatic carbocycles. The maximum atomic E-state index is 8.00. The van der Waals surface area contributed by atoms with E-state index in [4.69, 9.17) is 46.9 Å². The van der Waals surface area contributed by atoms with Crippen LogP contribution < -0.4 is 0 Å². The molecule has 0 aliphatic carbocycles. The molecule has 0 spiro atoms. The topological polar surface area (TPSA) is 38.7 Å². The predicted octanol–water partition coefficient (Wildman–Crippen LogP) is 4.00. The van der Waals surface area contributed by atoms with Crippen molar-refractivity contribution in [3.63, 3.8) is 0 Å². The van der Waals surface area contributed by atoms with Gasteiger partial charge in [-0.1, -0.05) is 6.92 Å². The van der Waals surface area contributed by atoms with Crippen molar-refractivity contribution >= 4 is 23.2 Å². The van der Waals surface area contributed by atoms with Gasteiger partial charge in [-0.3, -0.25) is 0 Å². The number of aliphatic hydroxyl groups is 1. The van der Waals surface area contributed by atoms with Gasteiger partial charge in [0.25, 0.3) is 0 Å². The quantitative estimate of drug-likeness (QED) is 0.364. The number of alkyl halides is 2. The molecule has 0 rings (SSSR count). The van der Waals surface area contributed by atoms with Gasteiger partial charge in [0.05, 0.1) is 0 Å². The van der Waals surface area contributed by atoms with Crippen molar-refractivity contribution in [1.82, 2.24) is 0 Å². The second-order valence-corrected chi connectivity index (χ2v) is 3.55. The molecular formula is C11H28Cl2F2O3Rf. The molecule has 0 unspecified atom stereocenters. The Morgan fingerprint density at radius 1 is 1.00 bits per heavy atom. The van der Waals surface area contributed by atoms with E-state index in [0.29, 0.717) is 18.4 Å². The zero-order valence-electron chi connectivity index (χ0n) is 12.1. The second kappa shape index (κ2) is 53.1. The van der Waals surface area contributed by atoms with Crippen LogP contribution in [-0.4, -0.2) is 50.9 Å². The van der Waals surface area contributed by atoms with Gasteiger partial charge in [-0.15, -0.1) is 23.2 Å². The first kappa shape index (κ1) is 31.0. The fourth-order valence-corrected chi connectivity index (χ4v) is 0.616. The molecular weight excluding hydrogens is 556 g/mol. The number of ether oxygens (including phenoxy) is 2. The van der Waals surface area contributed by atoms with Gasteiger partial charge in [0, 0.05) is 56.4 Å². The van der Waals surface area contributed by atoms with Gasteiger partial charge < -0.3 is 14.6 Å². The van der Waals surface area contributed by atoms with Crippen LogP contribution >= 0.6 is 23.2 Å². The minimum Gasteiger partial charge on any atom is -0.396 e. The molecule has 0 atom stereocenters. The summed E-state index contributed by atoms with van der Waals surface area (Å²) in [6.07, 6.45) is 2.79. The van der Waals surface area contributed by atoms with Crippen molar-refractivity contribution in [2.45, 2.75) is 26.2 Å². The van der Waals surface area contributed by atoms with E-state index in [0.717, 1.165) is 32.5 Å². The van der Waals surface area contributed by atoms with Crippen LogP contribution in [0.15, 0.2) is 0 Å². The molecule has 0 fully saturated rings. The molecule has 0 amide bonds. The van der Waals surface area contributed by atoms with Crippen molar-refractivity contribution in [1.29, 1.82) is 0 Å². The Hall–Kier alpha value is -0.680. The molecule has 3 nitrogen and oxygen atoms in total.